The molecule has 41 heavy (non-hydrogen) atoms. The van der Waals surface area contributed by atoms with Crippen LogP contribution in [0.1, 0.15) is 36.8 Å². The van der Waals surface area contributed by atoms with Crippen LogP contribution < -0.4 is 5.69 Å². The third-order valence-electron chi connectivity index (χ3n) is 7.51. The Morgan fingerprint density at radius 2 is 1.66 bits per heavy atom. The summed E-state index contributed by atoms with van der Waals surface area (Å²) in [6.07, 6.45) is -1.48. The topological polar surface area (TPSA) is 69.1 Å². The summed E-state index contributed by atoms with van der Waals surface area (Å²) in [6.45, 7) is 1.44. The van der Waals surface area contributed by atoms with Gasteiger partial charge in [-0.1, -0.05) is 12.1 Å². The fraction of sp³-hybridized carbons (Fsp3) is 0.276. The van der Waals surface area contributed by atoms with Crippen molar-refractivity contribution >= 4 is 11.0 Å². The standard InChI is InChI=1S/C29H24F5N5O2/c1-37-10-8-20(9-11-37)39-24-7-4-16(21-14-19(30)5-6-22(21)31)13-25(24)38(29(39)40)15-18-3-2-17(12-23(18)32)27-35-36-28(41-27)26(33)34/h2-7,12-14,20,26H,8-11,15H2,1H3. The minimum absolute atomic E-state index is 0.0381. The van der Waals surface area contributed by atoms with E-state index in [0.29, 0.717) is 16.6 Å². The van der Waals surface area contributed by atoms with E-state index in [1.165, 1.54) is 16.7 Å². The Kier molecular flexibility index (Phi) is 6.94. The predicted molar refractivity (Wildman–Crippen MR) is 141 cm³/mol. The summed E-state index contributed by atoms with van der Waals surface area (Å²) in [5.41, 5.74) is 1.35. The Balaban J connectivity index is 1.44. The van der Waals surface area contributed by atoms with E-state index < -0.39 is 29.8 Å². The van der Waals surface area contributed by atoms with Crippen LogP contribution in [0.5, 0.6) is 0 Å². The van der Waals surface area contributed by atoms with E-state index in [1.54, 1.807) is 22.8 Å². The van der Waals surface area contributed by atoms with E-state index in [-0.39, 0.29) is 40.9 Å². The van der Waals surface area contributed by atoms with Crippen molar-refractivity contribution in [1.29, 1.82) is 0 Å². The molecule has 7 nitrogen and oxygen atoms in total. The van der Waals surface area contributed by atoms with Crippen LogP contribution in [0.2, 0.25) is 0 Å². The van der Waals surface area contributed by atoms with Gasteiger partial charge in [-0.2, -0.15) is 8.78 Å². The zero-order chi connectivity index (χ0) is 28.8. The van der Waals surface area contributed by atoms with Crippen molar-refractivity contribution in [2.75, 3.05) is 20.1 Å². The molecule has 0 atom stereocenters. The average Bonchev–Trinajstić information content (AvgIpc) is 3.55. The van der Waals surface area contributed by atoms with Gasteiger partial charge in [-0.05, 0) is 81.0 Å². The number of imidazole rings is 1. The van der Waals surface area contributed by atoms with Crippen molar-refractivity contribution in [2.45, 2.75) is 31.9 Å². The molecule has 0 radical (unpaired) electrons. The highest BCUT2D eigenvalue weighted by Gasteiger charge is 2.25. The normalized spacial score (nSPS) is 14.9. The monoisotopic (exact) mass is 569 g/mol. The largest absolute Gasteiger partial charge is 0.415 e. The molecular weight excluding hydrogens is 545 g/mol. The maximum Gasteiger partial charge on any atom is 0.329 e. The lowest BCUT2D eigenvalue weighted by Gasteiger charge is -2.29. The molecule has 1 fully saturated rings. The third-order valence-corrected chi connectivity index (χ3v) is 7.51. The van der Waals surface area contributed by atoms with Gasteiger partial charge >= 0.3 is 12.1 Å². The van der Waals surface area contributed by atoms with Crippen LogP contribution in [0.3, 0.4) is 0 Å². The molecule has 1 aliphatic rings. The van der Waals surface area contributed by atoms with Crippen LogP contribution in [0, 0.1) is 17.5 Å². The van der Waals surface area contributed by atoms with Crippen LogP contribution >= 0.6 is 0 Å². The Morgan fingerprint density at radius 1 is 0.902 bits per heavy atom. The maximum atomic E-state index is 15.3. The molecule has 212 valence electrons. The van der Waals surface area contributed by atoms with Crippen molar-refractivity contribution in [3.05, 3.63) is 94.0 Å². The first-order chi connectivity index (χ1) is 19.7. The summed E-state index contributed by atoms with van der Waals surface area (Å²) in [5, 5.41) is 6.81. The second-order valence-corrected chi connectivity index (χ2v) is 10.2. The molecule has 0 unspecified atom stereocenters. The van der Waals surface area contributed by atoms with Gasteiger partial charge in [-0.15, -0.1) is 10.2 Å². The molecule has 0 bridgehead atoms. The fourth-order valence-corrected chi connectivity index (χ4v) is 5.34. The van der Waals surface area contributed by atoms with Gasteiger partial charge in [0.1, 0.15) is 17.5 Å². The van der Waals surface area contributed by atoms with Crippen molar-refractivity contribution in [2.24, 2.45) is 0 Å². The number of benzene rings is 3. The molecule has 6 rings (SSSR count). The number of piperidine rings is 1. The molecule has 3 heterocycles. The minimum atomic E-state index is -2.96. The first kappa shape index (κ1) is 26.9. The Hall–Kier alpha value is -4.32. The van der Waals surface area contributed by atoms with E-state index in [4.69, 9.17) is 4.42 Å². The number of halogens is 5. The second-order valence-electron chi connectivity index (χ2n) is 10.2. The van der Waals surface area contributed by atoms with Gasteiger partial charge in [0.15, 0.2) is 0 Å². The van der Waals surface area contributed by atoms with Gasteiger partial charge in [-0.25, -0.2) is 18.0 Å². The summed E-state index contributed by atoms with van der Waals surface area (Å²) >= 11 is 0. The number of likely N-dealkylation sites (tertiary alicyclic amines) is 1. The molecule has 1 aliphatic heterocycles. The minimum Gasteiger partial charge on any atom is -0.415 e. The summed E-state index contributed by atoms with van der Waals surface area (Å²) in [4.78, 5) is 16.0. The molecule has 5 aromatic rings. The zero-order valence-corrected chi connectivity index (χ0v) is 21.8. The maximum absolute atomic E-state index is 15.3. The van der Waals surface area contributed by atoms with E-state index in [2.05, 4.69) is 15.1 Å². The highest BCUT2D eigenvalue weighted by molar-refractivity contribution is 5.83. The van der Waals surface area contributed by atoms with Gasteiger partial charge in [0.2, 0.25) is 5.89 Å². The van der Waals surface area contributed by atoms with Crippen molar-refractivity contribution in [3.8, 4) is 22.6 Å². The molecular formula is C29H24F5N5O2. The van der Waals surface area contributed by atoms with E-state index in [9.17, 15) is 22.4 Å². The van der Waals surface area contributed by atoms with Gasteiger partial charge in [0, 0.05) is 22.7 Å². The number of hydrogen-bond donors (Lipinski definition) is 0. The SMILES string of the molecule is CN1CCC(n2c(=O)n(Cc3ccc(-c4nnc(C(F)F)o4)cc3F)c3cc(-c4cc(F)ccc4F)ccc32)CC1. The number of aromatic nitrogens is 4. The molecule has 0 amide bonds. The smallest absolute Gasteiger partial charge is 0.329 e. The van der Waals surface area contributed by atoms with Crippen LogP contribution in [0.4, 0.5) is 22.0 Å². The van der Waals surface area contributed by atoms with Crippen LogP contribution in [-0.2, 0) is 6.54 Å². The lowest BCUT2D eigenvalue weighted by Crippen LogP contribution is -2.36. The molecule has 2 aromatic heterocycles. The van der Waals surface area contributed by atoms with Crippen molar-refractivity contribution in [1.82, 2.24) is 24.2 Å². The lowest BCUT2D eigenvalue weighted by molar-refractivity contribution is 0.116. The van der Waals surface area contributed by atoms with Gasteiger partial charge in [-0.3, -0.25) is 9.13 Å². The quantitative estimate of drug-likeness (QED) is 0.228. The highest BCUT2D eigenvalue weighted by Crippen LogP contribution is 2.31. The van der Waals surface area contributed by atoms with Crippen LogP contribution in [0.15, 0.2) is 63.8 Å². The van der Waals surface area contributed by atoms with Crippen molar-refractivity contribution in [3.63, 3.8) is 0 Å². The number of rotatable bonds is 6. The zero-order valence-electron chi connectivity index (χ0n) is 21.8. The number of fused-ring (bicyclic) bond motifs is 1. The first-order valence-electron chi connectivity index (χ1n) is 13.0. The number of hydrogen-bond acceptors (Lipinski definition) is 5. The second kappa shape index (κ2) is 10.6. The van der Waals surface area contributed by atoms with E-state index in [0.717, 1.165) is 50.2 Å². The highest BCUT2D eigenvalue weighted by atomic mass is 19.3. The van der Waals surface area contributed by atoms with Crippen molar-refractivity contribution < 1.29 is 26.4 Å². The van der Waals surface area contributed by atoms with Gasteiger partial charge < -0.3 is 9.32 Å². The number of nitrogens with zero attached hydrogens (tertiary/aromatic N) is 5. The fourth-order valence-electron chi connectivity index (χ4n) is 5.34. The molecule has 0 N–H and O–H groups in total. The first-order valence-corrected chi connectivity index (χ1v) is 13.0. The predicted octanol–water partition coefficient (Wildman–Crippen LogP) is 6.19. The van der Waals surface area contributed by atoms with Gasteiger partial charge in [0.05, 0.1) is 17.6 Å². The van der Waals surface area contributed by atoms with Gasteiger partial charge in [0.25, 0.3) is 5.89 Å². The van der Waals surface area contributed by atoms with E-state index in [1.807, 2.05) is 7.05 Å². The number of alkyl halides is 2. The Morgan fingerprint density at radius 3 is 2.37 bits per heavy atom. The Labute approximate surface area is 230 Å². The summed E-state index contributed by atoms with van der Waals surface area (Å²) in [5.74, 6) is -3.07. The van der Waals surface area contributed by atoms with E-state index >= 15 is 4.39 Å². The van der Waals surface area contributed by atoms with Crippen LogP contribution in [-0.4, -0.2) is 44.4 Å². The van der Waals surface area contributed by atoms with Crippen LogP contribution in [0.25, 0.3) is 33.6 Å². The molecule has 0 aliphatic carbocycles. The average molecular weight is 570 g/mol. The molecule has 0 saturated carbocycles. The third kappa shape index (κ3) is 5.03. The molecule has 3 aromatic carbocycles. The molecule has 1 saturated heterocycles. The summed E-state index contributed by atoms with van der Waals surface area (Å²) in [6, 6.07) is 12.0. The lowest BCUT2D eigenvalue weighted by atomic mass is 10.0. The summed E-state index contributed by atoms with van der Waals surface area (Å²) in [7, 11) is 2.01. The Bertz CT molecular complexity index is 1800. The molecule has 0 spiro atoms. The summed E-state index contributed by atoms with van der Waals surface area (Å²) < 4.78 is 77.6. The molecule has 12 heteroatoms.